The van der Waals surface area contributed by atoms with Crippen LogP contribution >= 0.6 is 24.0 Å². The fourth-order valence-corrected chi connectivity index (χ4v) is 1.13. The number of ether oxygens (including phenoxy) is 3. The Morgan fingerprint density at radius 3 is 2.52 bits per heavy atom. The van der Waals surface area contributed by atoms with E-state index in [4.69, 9.17) is 0 Å². The van der Waals surface area contributed by atoms with Crippen LogP contribution in [0.3, 0.4) is 0 Å². The van der Waals surface area contributed by atoms with Crippen LogP contribution in [0.25, 0.3) is 0 Å². The van der Waals surface area contributed by atoms with Crippen LogP contribution in [0, 0.1) is 0 Å². The fourth-order valence-electron chi connectivity index (χ4n) is 1.13. The van der Waals surface area contributed by atoms with Gasteiger partial charge in [0.15, 0.2) is 0 Å². The molecule has 21 heavy (non-hydrogen) atoms. The quantitative estimate of drug-likeness (QED) is 0.301. The lowest BCUT2D eigenvalue weighted by Gasteiger charge is -2.04. The van der Waals surface area contributed by atoms with Gasteiger partial charge in [0, 0.05) is 24.5 Å². The van der Waals surface area contributed by atoms with E-state index in [-0.39, 0.29) is 30.4 Å². The van der Waals surface area contributed by atoms with Crippen LogP contribution in [0.1, 0.15) is 5.56 Å². The lowest BCUT2D eigenvalue weighted by molar-refractivity contribution is -0.163. The number of pyridine rings is 1. The molecule has 0 aromatic carbocycles. The Morgan fingerprint density at radius 1 is 1.19 bits per heavy atom. The number of rotatable bonds is 6. The minimum atomic E-state index is -0.815. The summed E-state index contributed by atoms with van der Waals surface area (Å²) in [6.45, 7) is -0.524. The summed E-state index contributed by atoms with van der Waals surface area (Å²) in [4.78, 5) is 37.0. The maximum atomic E-state index is 11.4. The summed E-state index contributed by atoms with van der Waals surface area (Å²) >= 11 is 0. The van der Waals surface area contributed by atoms with Gasteiger partial charge in [-0.05, 0) is 11.6 Å². The lowest BCUT2D eigenvalue weighted by Crippen LogP contribution is -2.13. The predicted octanol–water partition coefficient (Wildman–Crippen LogP) is 1.02. The molecule has 0 aliphatic rings. The Bertz CT molecular complexity index is 503. The molecule has 0 radical (unpaired) electrons. The molecule has 114 valence electrons. The number of methoxy groups -OCH3 is 1. The Hall–Kier alpha value is -1.97. The molecular weight excluding hydrogens is 393 g/mol. The van der Waals surface area contributed by atoms with Crippen molar-refractivity contribution >= 4 is 41.9 Å². The largest absolute Gasteiger partial charge is 0.466 e. The number of halogens is 1. The zero-order valence-corrected chi connectivity index (χ0v) is 13.5. The van der Waals surface area contributed by atoms with Crippen LogP contribution in [-0.2, 0) is 35.0 Å². The maximum Gasteiger partial charge on any atom is 0.333 e. The highest BCUT2D eigenvalue weighted by Crippen LogP contribution is 1.98. The van der Waals surface area contributed by atoms with Gasteiger partial charge in [0.2, 0.25) is 6.79 Å². The molecule has 0 amide bonds. The maximum absolute atomic E-state index is 11.4. The molecule has 0 aliphatic heterocycles. The molecule has 0 bridgehead atoms. The molecular formula is C13H14INO6. The van der Waals surface area contributed by atoms with Gasteiger partial charge >= 0.3 is 17.9 Å². The summed E-state index contributed by atoms with van der Waals surface area (Å²) in [7, 11) is 1.18. The minimum absolute atomic E-state index is 0. The van der Waals surface area contributed by atoms with Gasteiger partial charge in [-0.25, -0.2) is 9.59 Å². The van der Waals surface area contributed by atoms with Crippen molar-refractivity contribution in [3.63, 3.8) is 0 Å². The summed E-state index contributed by atoms with van der Waals surface area (Å²) in [6.07, 6.45) is 4.93. The van der Waals surface area contributed by atoms with Crippen molar-refractivity contribution in [2.45, 2.75) is 6.42 Å². The summed E-state index contributed by atoms with van der Waals surface area (Å²) in [6, 6.07) is 3.42. The van der Waals surface area contributed by atoms with Crippen molar-refractivity contribution < 1.29 is 28.6 Å². The van der Waals surface area contributed by atoms with E-state index in [0.717, 1.165) is 12.2 Å². The number of aromatic nitrogens is 1. The van der Waals surface area contributed by atoms with E-state index in [1.807, 2.05) is 0 Å². The van der Waals surface area contributed by atoms with Gasteiger partial charge in [-0.1, -0.05) is 6.07 Å². The summed E-state index contributed by atoms with van der Waals surface area (Å²) in [5, 5.41) is 0. The molecule has 7 nitrogen and oxygen atoms in total. The normalized spacial score (nSPS) is 9.57. The number of esters is 3. The van der Waals surface area contributed by atoms with E-state index in [1.54, 1.807) is 18.3 Å². The highest BCUT2D eigenvalue weighted by atomic mass is 127. The zero-order chi connectivity index (χ0) is 14.8. The molecule has 0 N–H and O–H groups in total. The van der Waals surface area contributed by atoms with Gasteiger partial charge in [0.05, 0.1) is 13.5 Å². The number of carbonyl (C=O) groups is 3. The highest BCUT2D eigenvalue weighted by molar-refractivity contribution is 14.0. The third-order valence-corrected chi connectivity index (χ3v) is 2.05. The average Bonchev–Trinajstić information content (AvgIpc) is 2.45. The summed E-state index contributed by atoms with van der Waals surface area (Å²) in [5.41, 5.74) is 0.689. The summed E-state index contributed by atoms with van der Waals surface area (Å²) in [5.74, 6) is -2.05. The second-order valence-corrected chi connectivity index (χ2v) is 3.49. The van der Waals surface area contributed by atoms with Crippen LogP contribution in [0.5, 0.6) is 0 Å². The van der Waals surface area contributed by atoms with E-state index < -0.39 is 24.7 Å². The number of nitrogens with zero attached hydrogens (tertiary/aromatic N) is 1. The Balaban J connectivity index is 0.00000400. The smallest absolute Gasteiger partial charge is 0.333 e. The first kappa shape index (κ1) is 19.0. The topological polar surface area (TPSA) is 91.8 Å². The molecule has 1 heterocycles. The molecule has 0 saturated heterocycles. The van der Waals surface area contributed by atoms with Crippen molar-refractivity contribution in [2.75, 3.05) is 13.9 Å². The van der Waals surface area contributed by atoms with Crippen LogP contribution in [-0.4, -0.2) is 36.8 Å². The van der Waals surface area contributed by atoms with Gasteiger partial charge in [-0.15, -0.1) is 24.0 Å². The fraction of sp³-hybridized carbons (Fsp3) is 0.231. The Kier molecular flexibility index (Phi) is 9.76. The van der Waals surface area contributed by atoms with Crippen LogP contribution in [0.2, 0.25) is 0 Å². The molecule has 0 saturated carbocycles. The zero-order valence-electron chi connectivity index (χ0n) is 11.2. The molecule has 1 aromatic rings. The van der Waals surface area contributed by atoms with Crippen molar-refractivity contribution in [2.24, 2.45) is 0 Å². The first-order valence-corrected chi connectivity index (χ1v) is 5.59. The first-order valence-electron chi connectivity index (χ1n) is 5.59. The van der Waals surface area contributed by atoms with Crippen LogP contribution in [0.15, 0.2) is 36.7 Å². The highest BCUT2D eigenvalue weighted by Gasteiger charge is 2.06. The molecule has 1 rings (SSSR count). The third kappa shape index (κ3) is 8.74. The molecule has 0 aliphatic carbocycles. The second-order valence-electron chi connectivity index (χ2n) is 3.49. The van der Waals surface area contributed by atoms with Crippen molar-refractivity contribution in [3.05, 3.63) is 42.2 Å². The number of carbonyl (C=O) groups excluding carboxylic acids is 3. The summed E-state index contributed by atoms with van der Waals surface area (Å²) < 4.78 is 13.5. The van der Waals surface area contributed by atoms with E-state index in [1.165, 1.54) is 13.3 Å². The van der Waals surface area contributed by atoms with E-state index >= 15 is 0 Å². The lowest BCUT2D eigenvalue weighted by atomic mass is 10.2. The average molecular weight is 407 g/mol. The number of hydrogen-bond acceptors (Lipinski definition) is 7. The molecule has 0 unspecified atom stereocenters. The van der Waals surface area contributed by atoms with Gasteiger partial charge < -0.3 is 14.2 Å². The van der Waals surface area contributed by atoms with Crippen molar-refractivity contribution in [3.8, 4) is 0 Å². The minimum Gasteiger partial charge on any atom is -0.466 e. The molecule has 0 spiro atoms. The van der Waals surface area contributed by atoms with Gasteiger partial charge in [-0.2, -0.15) is 0 Å². The Morgan fingerprint density at radius 2 is 1.90 bits per heavy atom. The van der Waals surface area contributed by atoms with Crippen LogP contribution < -0.4 is 0 Å². The SMILES string of the molecule is COC(=O)/C=C/C(=O)OCOC(=O)Cc1cccnc1.I. The predicted molar refractivity (Wildman–Crippen MR) is 81.6 cm³/mol. The third-order valence-electron chi connectivity index (χ3n) is 2.05. The van der Waals surface area contributed by atoms with Crippen molar-refractivity contribution in [1.82, 2.24) is 4.98 Å². The monoisotopic (exact) mass is 407 g/mol. The van der Waals surface area contributed by atoms with Crippen molar-refractivity contribution in [1.29, 1.82) is 0 Å². The molecule has 0 atom stereocenters. The van der Waals surface area contributed by atoms with Crippen LogP contribution in [0.4, 0.5) is 0 Å². The molecule has 8 heteroatoms. The van der Waals surface area contributed by atoms with Gasteiger partial charge in [0.25, 0.3) is 0 Å². The first-order chi connectivity index (χ1) is 9.61. The van der Waals surface area contributed by atoms with E-state index in [2.05, 4.69) is 19.2 Å². The molecule has 0 fully saturated rings. The standard InChI is InChI=1S/C13H13NO6.HI/c1-18-11(15)4-5-12(16)19-9-20-13(17)7-10-3-2-6-14-8-10;/h2-6,8H,7,9H2,1H3;1H/b5-4+;. The number of hydrogen-bond donors (Lipinski definition) is 0. The second kappa shape index (κ2) is 10.8. The van der Waals surface area contributed by atoms with E-state index in [9.17, 15) is 14.4 Å². The molecule has 1 aromatic heterocycles. The van der Waals surface area contributed by atoms with Gasteiger partial charge in [-0.3, -0.25) is 9.78 Å². The van der Waals surface area contributed by atoms with Gasteiger partial charge in [0.1, 0.15) is 0 Å². The van der Waals surface area contributed by atoms with E-state index in [0.29, 0.717) is 5.56 Å². The Labute approximate surface area is 138 Å².